The maximum Gasteiger partial charge on any atom is 0.409 e. The van der Waals surface area contributed by atoms with E-state index in [2.05, 4.69) is 0 Å². The molecule has 0 aromatic heterocycles. The van der Waals surface area contributed by atoms with E-state index in [1.807, 2.05) is 0 Å². The summed E-state index contributed by atoms with van der Waals surface area (Å²) in [6.45, 7) is 0.0316. The molecule has 1 atom stereocenters. The molecule has 2 nitrogen and oxygen atoms in total. The largest absolute Gasteiger partial charge is 0.409 e. The quantitative estimate of drug-likeness (QED) is 0.713. The molecule has 0 saturated carbocycles. The number of alkyl halides is 3. The molecule has 1 fully saturated rings. The van der Waals surface area contributed by atoms with E-state index >= 15 is 0 Å². The van der Waals surface area contributed by atoms with E-state index in [1.54, 1.807) is 30.3 Å². The molecule has 1 unspecified atom stereocenters. The van der Waals surface area contributed by atoms with E-state index in [0.29, 0.717) is 5.56 Å². The number of likely N-dealkylation sites (tertiary alicyclic amines) is 1. The van der Waals surface area contributed by atoms with Crippen LogP contribution in [0.1, 0.15) is 12.0 Å². The Kier molecular flexibility index (Phi) is 2.61. The maximum atomic E-state index is 12.4. The number of rotatable bonds is 2. The highest BCUT2D eigenvalue weighted by Gasteiger charge is 2.53. The molecular weight excluding hydrogens is 219 g/mol. The summed E-state index contributed by atoms with van der Waals surface area (Å²) in [4.78, 5) is 12.0. The number of halogens is 3. The molecule has 1 saturated heterocycles. The normalized spacial score (nSPS) is 20.8. The van der Waals surface area contributed by atoms with Crippen LogP contribution in [-0.2, 0) is 11.3 Å². The van der Waals surface area contributed by atoms with Gasteiger partial charge in [0.25, 0.3) is 0 Å². The monoisotopic (exact) mass is 229 g/mol. The summed E-state index contributed by atoms with van der Waals surface area (Å²) in [5.41, 5.74) is 0.713. The van der Waals surface area contributed by atoms with Gasteiger partial charge in [0.2, 0.25) is 5.91 Å². The van der Waals surface area contributed by atoms with E-state index in [0.717, 1.165) is 4.90 Å². The van der Waals surface area contributed by atoms with Crippen LogP contribution in [0.2, 0.25) is 0 Å². The van der Waals surface area contributed by atoms with E-state index in [9.17, 15) is 18.0 Å². The first kappa shape index (κ1) is 11.0. The lowest BCUT2D eigenvalue weighted by Gasteiger charge is -2.41. The average Bonchev–Trinajstić information content (AvgIpc) is 2.22. The molecule has 1 aliphatic heterocycles. The fourth-order valence-corrected chi connectivity index (χ4v) is 1.73. The third kappa shape index (κ3) is 2.03. The highest BCUT2D eigenvalue weighted by molar-refractivity contribution is 5.83. The van der Waals surface area contributed by atoms with Crippen LogP contribution >= 0.6 is 0 Å². The predicted octanol–water partition coefficient (Wildman–Crippen LogP) is 2.35. The van der Waals surface area contributed by atoms with E-state index in [1.165, 1.54) is 0 Å². The van der Waals surface area contributed by atoms with E-state index in [-0.39, 0.29) is 6.54 Å². The molecule has 1 aromatic carbocycles. The van der Waals surface area contributed by atoms with Gasteiger partial charge >= 0.3 is 6.18 Å². The standard InChI is InChI=1S/C11H10F3NO/c12-11(13,14)9-6-10(16)15(9)7-8-4-2-1-3-5-8/h1-5,9H,6-7H2. The summed E-state index contributed by atoms with van der Waals surface area (Å²) in [5, 5.41) is 0. The summed E-state index contributed by atoms with van der Waals surface area (Å²) < 4.78 is 37.3. The molecule has 0 spiro atoms. The van der Waals surface area contributed by atoms with Gasteiger partial charge in [-0.3, -0.25) is 4.79 Å². The van der Waals surface area contributed by atoms with Crippen LogP contribution < -0.4 is 0 Å². The topological polar surface area (TPSA) is 20.3 Å². The van der Waals surface area contributed by atoms with Gasteiger partial charge in [-0.15, -0.1) is 0 Å². The van der Waals surface area contributed by atoms with Crippen LogP contribution in [-0.4, -0.2) is 23.0 Å². The molecule has 86 valence electrons. The van der Waals surface area contributed by atoms with Crippen molar-refractivity contribution in [3.8, 4) is 0 Å². The maximum absolute atomic E-state index is 12.4. The Morgan fingerprint density at radius 1 is 1.25 bits per heavy atom. The molecule has 1 heterocycles. The van der Waals surface area contributed by atoms with Crippen molar-refractivity contribution in [1.82, 2.24) is 4.90 Å². The molecule has 0 bridgehead atoms. The van der Waals surface area contributed by atoms with E-state index in [4.69, 9.17) is 0 Å². The molecule has 1 aromatic rings. The summed E-state index contributed by atoms with van der Waals surface area (Å²) in [7, 11) is 0. The van der Waals surface area contributed by atoms with Gasteiger partial charge in [-0.2, -0.15) is 13.2 Å². The van der Waals surface area contributed by atoms with Crippen LogP contribution in [0.25, 0.3) is 0 Å². The Morgan fingerprint density at radius 3 is 2.38 bits per heavy atom. The van der Waals surface area contributed by atoms with Crippen LogP contribution in [0.15, 0.2) is 30.3 Å². The zero-order valence-electron chi connectivity index (χ0n) is 8.37. The molecule has 1 aliphatic rings. The first-order valence-corrected chi connectivity index (χ1v) is 4.88. The van der Waals surface area contributed by atoms with Crippen LogP contribution in [0.4, 0.5) is 13.2 Å². The van der Waals surface area contributed by atoms with Crippen LogP contribution in [0.5, 0.6) is 0 Å². The smallest absolute Gasteiger partial charge is 0.326 e. The molecule has 5 heteroatoms. The van der Waals surface area contributed by atoms with Crippen LogP contribution in [0, 0.1) is 0 Å². The zero-order valence-corrected chi connectivity index (χ0v) is 8.37. The van der Waals surface area contributed by atoms with Gasteiger partial charge in [-0.05, 0) is 5.56 Å². The number of nitrogens with zero attached hydrogens (tertiary/aromatic N) is 1. The molecule has 0 aliphatic carbocycles. The number of benzene rings is 1. The van der Waals surface area contributed by atoms with Gasteiger partial charge in [-0.25, -0.2) is 0 Å². The van der Waals surface area contributed by atoms with Gasteiger partial charge in [0.1, 0.15) is 6.04 Å². The van der Waals surface area contributed by atoms with Gasteiger partial charge in [0.05, 0.1) is 6.42 Å². The Morgan fingerprint density at radius 2 is 1.88 bits per heavy atom. The minimum atomic E-state index is -4.32. The van der Waals surface area contributed by atoms with Crippen molar-refractivity contribution < 1.29 is 18.0 Å². The zero-order chi connectivity index (χ0) is 11.8. The molecule has 0 radical (unpaired) electrons. The van der Waals surface area contributed by atoms with Gasteiger partial charge < -0.3 is 4.90 Å². The number of carbonyl (C=O) groups excluding carboxylic acids is 1. The highest BCUT2D eigenvalue weighted by Crippen LogP contribution is 2.35. The van der Waals surface area contributed by atoms with Gasteiger partial charge in [0, 0.05) is 6.54 Å². The Bertz CT molecular complexity index is 388. The fraction of sp³-hybridized carbons (Fsp3) is 0.364. The van der Waals surface area contributed by atoms with Gasteiger partial charge in [-0.1, -0.05) is 30.3 Å². The summed E-state index contributed by atoms with van der Waals surface area (Å²) in [6, 6.07) is 7.06. The lowest BCUT2D eigenvalue weighted by atomic mass is 10.00. The number of hydrogen-bond donors (Lipinski definition) is 0. The molecular formula is C11H10F3NO. The number of amides is 1. The van der Waals surface area contributed by atoms with Crippen molar-refractivity contribution in [3.63, 3.8) is 0 Å². The lowest BCUT2D eigenvalue weighted by molar-refractivity contribution is -0.215. The second-order valence-corrected chi connectivity index (χ2v) is 3.77. The summed E-state index contributed by atoms with van der Waals surface area (Å²) in [6.07, 6.45) is -4.74. The SMILES string of the molecule is O=C1CC(C(F)(F)F)N1Cc1ccccc1. The Labute approximate surface area is 90.7 Å². The summed E-state index contributed by atoms with van der Waals surface area (Å²) in [5.74, 6) is -0.439. The van der Waals surface area contributed by atoms with Gasteiger partial charge in [0.15, 0.2) is 0 Å². The fourth-order valence-electron chi connectivity index (χ4n) is 1.73. The number of β-lactam (4-membered cyclic amide) rings is 1. The number of hydrogen-bond acceptors (Lipinski definition) is 1. The minimum absolute atomic E-state index is 0.0316. The molecule has 16 heavy (non-hydrogen) atoms. The van der Waals surface area contributed by atoms with Crippen molar-refractivity contribution in [2.24, 2.45) is 0 Å². The minimum Gasteiger partial charge on any atom is -0.326 e. The third-order valence-corrected chi connectivity index (χ3v) is 2.64. The van der Waals surface area contributed by atoms with Crippen molar-refractivity contribution >= 4 is 5.91 Å². The van der Waals surface area contributed by atoms with Crippen molar-refractivity contribution in [3.05, 3.63) is 35.9 Å². The Hall–Kier alpha value is -1.52. The highest BCUT2D eigenvalue weighted by atomic mass is 19.4. The van der Waals surface area contributed by atoms with Crippen LogP contribution in [0.3, 0.4) is 0 Å². The first-order valence-electron chi connectivity index (χ1n) is 4.88. The Balaban J connectivity index is 2.07. The first-order chi connectivity index (χ1) is 7.48. The number of carbonyl (C=O) groups is 1. The second-order valence-electron chi connectivity index (χ2n) is 3.77. The predicted molar refractivity (Wildman–Crippen MR) is 51.5 cm³/mol. The average molecular weight is 229 g/mol. The molecule has 0 N–H and O–H groups in total. The van der Waals surface area contributed by atoms with Crippen molar-refractivity contribution in [1.29, 1.82) is 0 Å². The molecule has 2 rings (SSSR count). The summed E-state index contributed by atoms with van der Waals surface area (Å²) >= 11 is 0. The lowest BCUT2D eigenvalue weighted by Crippen LogP contribution is -2.58. The second kappa shape index (κ2) is 3.81. The third-order valence-electron chi connectivity index (χ3n) is 2.64. The van der Waals surface area contributed by atoms with E-state index < -0.39 is 24.5 Å². The molecule has 1 amide bonds. The van der Waals surface area contributed by atoms with Crippen molar-refractivity contribution in [2.75, 3.05) is 0 Å². The van der Waals surface area contributed by atoms with Crippen molar-refractivity contribution in [2.45, 2.75) is 25.2 Å².